The highest BCUT2D eigenvalue weighted by atomic mass is 32.2. The van der Waals surface area contributed by atoms with Gasteiger partial charge in [0.1, 0.15) is 15.7 Å². The monoisotopic (exact) mass is 334 g/mol. The van der Waals surface area contributed by atoms with Gasteiger partial charge in [0.25, 0.3) is 0 Å². The first-order chi connectivity index (χ1) is 11.0. The third kappa shape index (κ3) is 4.62. The molecule has 0 amide bonds. The van der Waals surface area contributed by atoms with Crippen molar-refractivity contribution in [3.8, 4) is 0 Å². The Hall–Kier alpha value is -1.73. The van der Waals surface area contributed by atoms with E-state index in [4.69, 9.17) is 0 Å². The highest BCUT2D eigenvalue weighted by molar-refractivity contribution is 7.90. The first kappa shape index (κ1) is 16.1. The summed E-state index contributed by atoms with van der Waals surface area (Å²) < 4.78 is 22.5. The van der Waals surface area contributed by atoms with Crippen LogP contribution in [0.4, 0.5) is 5.82 Å². The Morgan fingerprint density at radius 3 is 2.61 bits per heavy atom. The summed E-state index contributed by atoms with van der Waals surface area (Å²) in [5, 5.41) is 3.45. The fourth-order valence-corrected chi connectivity index (χ4v) is 3.42. The van der Waals surface area contributed by atoms with Gasteiger partial charge in [0.15, 0.2) is 0 Å². The Kier molecular flexibility index (Phi) is 4.77. The minimum atomic E-state index is -2.88. The van der Waals surface area contributed by atoms with E-state index in [2.05, 4.69) is 20.2 Å². The Morgan fingerprint density at radius 1 is 1.22 bits per heavy atom. The molecule has 2 heterocycles. The summed E-state index contributed by atoms with van der Waals surface area (Å²) in [6.07, 6.45) is 5.04. The molecule has 0 atom stereocenters. The highest BCUT2D eigenvalue weighted by Crippen LogP contribution is 2.17. The third-order valence-electron chi connectivity index (χ3n) is 4.17. The standard InChI is InChI=1S/C16H22N4O2S/c1-23(21,22)11-10-20-8-6-13(7-9-20)18-16-12-17-14-4-2-3-5-15(14)19-16/h2-5,12-13H,6-11H2,1H3,(H,18,19). The summed E-state index contributed by atoms with van der Waals surface area (Å²) in [5.74, 6) is 1.04. The van der Waals surface area contributed by atoms with Gasteiger partial charge in [-0.2, -0.15) is 0 Å². The first-order valence-electron chi connectivity index (χ1n) is 7.88. The summed E-state index contributed by atoms with van der Waals surface area (Å²) in [4.78, 5) is 11.2. The second-order valence-electron chi connectivity index (χ2n) is 6.13. The molecule has 1 aliphatic heterocycles. The van der Waals surface area contributed by atoms with Gasteiger partial charge < -0.3 is 10.2 Å². The molecule has 6 nitrogen and oxygen atoms in total. The maximum atomic E-state index is 11.2. The molecule has 0 unspecified atom stereocenters. The summed E-state index contributed by atoms with van der Waals surface area (Å²) >= 11 is 0. The molecule has 1 aromatic heterocycles. The van der Waals surface area contributed by atoms with Crippen molar-refractivity contribution in [1.29, 1.82) is 0 Å². The molecule has 23 heavy (non-hydrogen) atoms. The van der Waals surface area contributed by atoms with Gasteiger partial charge in [-0.05, 0) is 25.0 Å². The van der Waals surface area contributed by atoms with Gasteiger partial charge >= 0.3 is 0 Å². The first-order valence-corrected chi connectivity index (χ1v) is 9.94. The molecule has 2 aromatic rings. The number of rotatable bonds is 5. The molecular weight excluding hydrogens is 312 g/mol. The molecule has 1 N–H and O–H groups in total. The molecule has 0 bridgehead atoms. The van der Waals surface area contributed by atoms with E-state index in [-0.39, 0.29) is 5.75 Å². The van der Waals surface area contributed by atoms with Crippen LogP contribution in [-0.4, -0.2) is 61.0 Å². The van der Waals surface area contributed by atoms with Crippen molar-refractivity contribution in [1.82, 2.24) is 14.9 Å². The van der Waals surface area contributed by atoms with Gasteiger partial charge in [0.2, 0.25) is 0 Å². The molecule has 0 saturated carbocycles. The van der Waals surface area contributed by atoms with Crippen LogP contribution in [-0.2, 0) is 9.84 Å². The lowest BCUT2D eigenvalue weighted by molar-refractivity contribution is 0.230. The number of piperidine rings is 1. The average molecular weight is 334 g/mol. The fourth-order valence-electron chi connectivity index (χ4n) is 2.83. The zero-order valence-corrected chi connectivity index (χ0v) is 14.1. The molecule has 124 valence electrons. The quantitative estimate of drug-likeness (QED) is 0.894. The molecule has 3 rings (SSSR count). The van der Waals surface area contributed by atoms with Gasteiger partial charge in [-0.25, -0.2) is 13.4 Å². The van der Waals surface area contributed by atoms with Crippen molar-refractivity contribution < 1.29 is 8.42 Å². The van der Waals surface area contributed by atoms with Gasteiger partial charge in [-0.3, -0.25) is 4.98 Å². The lowest BCUT2D eigenvalue weighted by Crippen LogP contribution is -2.41. The van der Waals surface area contributed by atoms with E-state index in [0.717, 1.165) is 42.8 Å². The number of benzene rings is 1. The van der Waals surface area contributed by atoms with Crippen molar-refractivity contribution in [2.45, 2.75) is 18.9 Å². The van der Waals surface area contributed by atoms with Crippen molar-refractivity contribution in [3.63, 3.8) is 0 Å². The topological polar surface area (TPSA) is 75.2 Å². The molecular formula is C16H22N4O2S. The molecule has 1 saturated heterocycles. The number of nitrogens with zero attached hydrogens (tertiary/aromatic N) is 3. The minimum Gasteiger partial charge on any atom is -0.366 e. The van der Waals surface area contributed by atoms with Crippen LogP contribution < -0.4 is 5.32 Å². The van der Waals surface area contributed by atoms with Crippen LogP contribution >= 0.6 is 0 Å². The Morgan fingerprint density at radius 2 is 1.91 bits per heavy atom. The van der Waals surface area contributed by atoms with E-state index < -0.39 is 9.84 Å². The van der Waals surface area contributed by atoms with Crippen LogP contribution in [0.1, 0.15) is 12.8 Å². The Balaban J connectivity index is 1.53. The van der Waals surface area contributed by atoms with Gasteiger partial charge in [0.05, 0.1) is 23.0 Å². The van der Waals surface area contributed by atoms with Crippen molar-refractivity contribution in [2.24, 2.45) is 0 Å². The molecule has 0 spiro atoms. The molecule has 1 aromatic carbocycles. The van der Waals surface area contributed by atoms with Crippen LogP contribution in [0.3, 0.4) is 0 Å². The number of nitrogens with one attached hydrogen (secondary N) is 1. The number of hydrogen-bond donors (Lipinski definition) is 1. The van der Waals surface area contributed by atoms with E-state index in [1.54, 1.807) is 6.20 Å². The Bertz CT molecular complexity index is 770. The van der Waals surface area contributed by atoms with Crippen LogP contribution in [0.15, 0.2) is 30.5 Å². The fraction of sp³-hybridized carbons (Fsp3) is 0.500. The van der Waals surface area contributed by atoms with E-state index in [1.807, 2.05) is 24.3 Å². The second-order valence-corrected chi connectivity index (χ2v) is 8.39. The Labute approximate surface area is 136 Å². The van der Waals surface area contributed by atoms with E-state index in [0.29, 0.717) is 12.6 Å². The zero-order chi connectivity index (χ0) is 16.3. The highest BCUT2D eigenvalue weighted by Gasteiger charge is 2.20. The SMILES string of the molecule is CS(=O)(=O)CCN1CCC(Nc2cnc3ccccc3n2)CC1. The molecule has 0 aliphatic carbocycles. The number of sulfone groups is 1. The maximum Gasteiger partial charge on any atom is 0.148 e. The van der Waals surface area contributed by atoms with Crippen LogP contribution in [0.5, 0.6) is 0 Å². The summed E-state index contributed by atoms with van der Waals surface area (Å²) in [7, 11) is -2.88. The zero-order valence-electron chi connectivity index (χ0n) is 13.3. The molecule has 1 aliphatic rings. The van der Waals surface area contributed by atoms with E-state index in [9.17, 15) is 8.42 Å². The van der Waals surface area contributed by atoms with Gasteiger partial charge in [-0.1, -0.05) is 12.1 Å². The lowest BCUT2D eigenvalue weighted by Gasteiger charge is -2.32. The predicted octanol–water partition coefficient (Wildman–Crippen LogP) is 1.55. The number of para-hydroxylation sites is 2. The van der Waals surface area contributed by atoms with Crippen molar-refractivity contribution >= 4 is 26.7 Å². The molecule has 0 radical (unpaired) electrons. The second kappa shape index (κ2) is 6.80. The number of likely N-dealkylation sites (tertiary alicyclic amines) is 1. The van der Waals surface area contributed by atoms with Crippen molar-refractivity contribution in [3.05, 3.63) is 30.5 Å². The van der Waals surface area contributed by atoms with E-state index >= 15 is 0 Å². The molecule has 1 fully saturated rings. The van der Waals surface area contributed by atoms with E-state index in [1.165, 1.54) is 6.26 Å². The smallest absolute Gasteiger partial charge is 0.148 e. The van der Waals surface area contributed by atoms with Crippen LogP contribution in [0.25, 0.3) is 11.0 Å². The normalized spacial score (nSPS) is 17.4. The predicted molar refractivity (Wildman–Crippen MR) is 92.3 cm³/mol. The largest absolute Gasteiger partial charge is 0.366 e. The van der Waals surface area contributed by atoms with Gasteiger partial charge in [-0.15, -0.1) is 0 Å². The lowest BCUT2D eigenvalue weighted by atomic mass is 10.1. The number of anilines is 1. The average Bonchev–Trinajstić information content (AvgIpc) is 2.53. The summed E-state index contributed by atoms with van der Waals surface area (Å²) in [5.41, 5.74) is 1.79. The third-order valence-corrected chi connectivity index (χ3v) is 5.09. The van der Waals surface area contributed by atoms with Crippen LogP contribution in [0.2, 0.25) is 0 Å². The summed E-state index contributed by atoms with van der Waals surface area (Å²) in [6, 6.07) is 8.19. The minimum absolute atomic E-state index is 0.237. The van der Waals surface area contributed by atoms with Gasteiger partial charge in [0, 0.05) is 31.9 Å². The number of fused-ring (bicyclic) bond motifs is 1. The van der Waals surface area contributed by atoms with Crippen LogP contribution in [0, 0.1) is 0 Å². The van der Waals surface area contributed by atoms with Crippen molar-refractivity contribution in [2.75, 3.05) is 37.0 Å². The molecule has 7 heteroatoms. The number of hydrogen-bond acceptors (Lipinski definition) is 6. The summed E-state index contributed by atoms with van der Waals surface area (Å²) in [6.45, 7) is 2.45. The maximum absolute atomic E-state index is 11.2. The number of aromatic nitrogens is 2.